The Balaban J connectivity index is 1.57. The van der Waals surface area contributed by atoms with Gasteiger partial charge >= 0.3 is 0 Å². The summed E-state index contributed by atoms with van der Waals surface area (Å²) in [6.45, 7) is 6.50. The fourth-order valence-electron chi connectivity index (χ4n) is 3.59. The Morgan fingerprint density at radius 3 is 2.27 bits per heavy atom. The highest BCUT2D eigenvalue weighted by Gasteiger charge is 2.38. The summed E-state index contributed by atoms with van der Waals surface area (Å²) < 4.78 is 0.779. The predicted octanol–water partition coefficient (Wildman–Crippen LogP) is 1.99. The van der Waals surface area contributed by atoms with Gasteiger partial charge in [-0.25, -0.2) is 0 Å². The second kappa shape index (κ2) is 7.78. The molecular formula is C19H24BrN3O3. The van der Waals surface area contributed by atoms with Gasteiger partial charge < -0.3 is 14.7 Å². The number of benzene rings is 1. The molecule has 2 saturated heterocycles. The second-order valence-corrected chi connectivity index (χ2v) is 7.99. The first-order valence-corrected chi connectivity index (χ1v) is 9.80. The van der Waals surface area contributed by atoms with Gasteiger partial charge in [0, 0.05) is 49.7 Å². The molecule has 140 valence electrons. The van der Waals surface area contributed by atoms with Crippen LogP contribution in [0, 0.1) is 5.92 Å². The molecule has 6 nitrogen and oxygen atoms in total. The third-order valence-corrected chi connectivity index (χ3v) is 5.81. The number of halogens is 1. The number of carbonyl (C=O) groups is 3. The van der Waals surface area contributed by atoms with Crippen LogP contribution < -0.4 is 0 Å². The van der Waals surface area contributed by atoms with Gasteiger partial charge in [0.25, 0.3) is 5.91 Å². The van der Waals surface area contributed by atoms with Crippen molar-refractivity contribution < 1.29 is 14.4 Å². The second-order valence-electron chi connectivity index (χ2n) is 7.14. The van der Waals surface area contributed by atoms with Gasteiger partial charge in [-0.05, 0) is 41.9 Å². The van der Waals surface area contributed by atoms with E-state index in [1.807, 2.05) is 32.0 Å². The third kappa shape index (κ3) is 3.77. The molecule has 0 N–H and O–H groups in total. The molecule has 0 bridgehead atoms. The maximum absolute atomic E-state index is 12.8. The summed E-state index contributed by atoms with van der Waals surface area (Å²) in [5.74, 6) is -0.183. The molecule has 1 unspecified atom stereocenters. The Morgan fingerprint density at radius 1 is 1.08 bits per heavy atom. The molecule has 2 heterocycles. The molecule has 0 aliphatic carbocycles. The zero-order chi connectivity index (χ0) is 18.8. The van der Waals surface area contributed by atoms with Gasteiger partial charge in [0.1, 0.15) is 0 Å². The lowest BCUT2D eigenvalue weighted by molar-refractivity contribution is -0.137. The number of piperazine rings is 1. The lowest BCUT2D eigenvalue weighted by Crippen LogP contribution is -2.52. The smallest absolute Gasteiger partial charge is 0.255 e. The Labute approximate surface area is 162 Å². The van der Waals surface area contributed by atoms with Crippen molar-refractivity contribution in [1.29, 1.82) is 0 Å². The number of likely N-dealkylation sites (tertiary alicyclic amines) is 1. The predicted molar refractivity (Wildman–Crippen MR) is 102 cm³/mol. The van der Waals surface area contributed by atoms with Crippen LogP contribution in [0.4, 0.5) is 0 Å². The minimum Gasteiger partial charge on any atom is -0.339 e. The van der Waals surface area contributed by atoms with E-state index in [1.165, 1.54) is 0 Å². The molecule has 2 aliphatic heterocycles. The van der Waals surface area contributed by atoms with Crippen LogP contribution in [0.1, 0.15) is 30.6 Å². The van der Waals surface area contributed by atoms with E-state index in [2.05, 4.69) is 15.9 Å². The summed E-state index contributed by atoms with van der Waals surface area (Å²) in [6, 6.07) is 7.49. The summed E-state index contributed by atoms with van der Waals surface area (Å²) in [7, 11) is 0. The van der Waals surface area contributed by atoms with Crippen molar-refractivity contribution in [3.05, 3.63) is 34.3 Å². The normalized spacial score (nSPS) is 20.8. The highest BCUT2D eigenvalue weighted by Crippen LogP contribution is 2.23. The van der Waals surface area contributed by atoms with Gasteiger partial charge in [-0.3, -0.25) is 14.4 Å². The number of rotatable bonds is 3. The first-order valence-electron chi connectivity index (χ1n) is 9.00. The summed E-state index contributed by atoms with van der Waals surface area (Å²) in [5.41, 5.74) is 0.640. The molecule has 7 heteroatoms. The zero-order valence-electron chi connectivity index (χ0n) is 15.2. The largest absolute Gasteiger partial charge is 0.339 e. The van der Waals surface area contributed by atoms with E-state index in [-0.39, 0.29) is 29.7 Å². The van der Waals surface area contributed by atoms with Gasteiger partial charge in [0.2, 0.25) is 11.8 Å². The highest BCUT2D eigenvalue weighted by molar-refractivity contribution is 9.10. The first kappa shape index (κ1) is 18.9. The van der Waals surface area contributed by atoms with E-state index in [0.717, 1.165) is 4.47 Å². The molecule has 1 aromatic carbocycles. The standard InChI is InChI=1S/C19H24BrN3O3/c1-13(2)23-12-14(11-17(23)24)18(25)21-7-9-22(10-8-21)19(26)15-5-3-4-6-16(15)20/h3-6,13-14H,7-12H2,1-2H3. The van der Waals surface area contributed by atoms with E-state index in [1.54, 1.807) is 20.8 Å². The van der Waals surface area contributed by atoms with Crippen molar-refractivity contribution in [3.63, 3.8) is 0 Å². The maximum Gasteiger partial charge on any atom is 0.255 e. The number of amides is 3. The molecule has 0 aromatic heterocycles. The molecule has 2 fully saturated rings. The van der Waals surface area contributed by atoms with Crippen LogP contribution in [-0.4, -0.2) is 71.2 Å². The third-order valence-electron chi connectivity index (χ3n) is 5.11. The van der Waals surface area contributed by atoms with Crippen LogP contribution in [-0.2, 0) is 9.59 Å². The van der Waals surface area contributed by atoms with Gasteiger partial charge in [-0.15, -0.1) is 0 Å². The van der Waals surface area contributed by atoms with Gasteiger partial charge in [-0.2, -0.15) is 0 Å². The molecule has 2 aliphatic rings. The zero-order valence-corrected chi connectivity index (χ0v) is 16.7. The first-order chi connectivity index (χ1) is 12.4. The molecule has 26 heavy (non-hydrogen) atoms. The van der Waals surface area contributed by atoms with Gasteiger partial charge in [0.15, 0.2) is 0 Å². The Morgan fingerprint density at radius 2 is 1.69 bits per heavy atom. The average Bonchev–Trinajstić information content (AvgIpc) is 3.03. The van der Waals surface area contributed by atoms with E-state index >= 15 is 0 Å². The number of hydrogen-bond acceptors (Lipinski definition) is 3. The molecule has 1 atom stereocenters. The van der Waals surface area contributed by atoms with Crippen LogP contribution in [0.2, 0.25) is 0 Å². The number of hydrogen-bond donors (Lipinski definition) is 0. The van der Waals surface area contributed by atoms with Crippen LogP contribution in [0.15, 0.2) is 28.7 Å². The molecule has 3 amide bonds. The summed E-state index contributed by atoms with van der Waals surface area (Å²) in [6.07, 6.45) is 0.299. The van der Waals surface area contributed by atoms with Crippen molar-refractivity contribution in [2.45, 2.75) is 26.3 Å². The molecule has 0 radical (unpaired) electrons. The highest BCUT2D eigenvalue weighted by atomic mass is 79.9. The molecule has 1 aromatic rings. The Kier molecular flexibility index (Phi) is 5.65. The molecule has 3 rings (SSSR count). The number of nitrogens with zero attached hydrogens (tertiary/aromatic N) is 3. The van der Waals surface area contributed by atoms with E-state index in [0.29, 0.717) is 44.7 Å². The Bertz CT molecular complexity index is 714. The van der Waals surface area contributed by atoms with Crippen molar-refractivity contribution in [2.24, 2.45) is 5.92 Å². The summed E-state index contributed by atoms with van der Waals surface area (Å²) in [5, 5.41) is 0. The molecule has 0 saturated carbocycles. The quantitative estimate of drug-likeness (QED) is 0.749. The van der Waals surface area contributed by atoms with Crippen molar-refractivity contribution >= 4 is 33.7 Å². The van der Waals surface area contributed by atoms with Crippen LogP contribution in [0.5, 0.6) is 0 Å². The monoisotopic (exact) mass is 421 g/mol. The van der Waals surface area contributed by atoms with E-state index in [9.17, 15) is 14.4 Å². The fraction of sp³-hybridized carbons (Fsp3) is 0.526. The maximum atomic E-state index is 12.8. The van der Waals surface area contributed by atoms with Gasteiger partial charge in [-0.1, -0.05) is 12.1 Å². The van der Waals surface area contributed by atoms with Crippen LogP contribution in [0.25, 0.3) is 0 Å². The molecular weight excluding hydrogens is 398 g/mol. The minimum absolute atomic E-state index is 0.0217. The lowest BCUT2D eigenvalue weighted by Gasteiger charge is -2.36. The Hall–Kier alpha value is -1.89. The average molecular weight is 422 g/mol. The van der Waals surface area contributed by atoms with Crippen LogP contribution >= 0.6 is 15.9 Å². The minimum atomic E-state index is -0.254. The number of carbonyl (C=O) groups excluding carboxylic acids is 3. The molecule has 0 spiro atoms. The SMILES string of the molecule is CC(C)N1CC(C(=O)N2CCN(C(=O)c3ccccc3Br)CC2)CC1=O. The summed E-state index contributed by atoms with van der Waals surface area (Å²) >= 11 is 3.42. The van der Waals surface area contributed by atoms with Crippen LogP contribution in [0.3, 0.4) is 0 Å². The van der Waals surface area contributed by atoms with E-state index < -0.39 is 0 Å². The fourth-order valence-corrected chi connectivity index (χ4v) is 4.04. The summed E-state index contributed by atoms with van der Waals surface area (Å²) in [4.78, 5) is 42.8. The van der Waals surface area contributed by atoms with E-state index in [4.69, 9.17) is 0 Å². The lowest BCUT2D eigenvalue weighted by atomic mass is 10.1. The van der Waals surface area contributed by atoms with Crippen molar-refractivity contribution in [3.8, 4) is 0 Å². The topological polar surface area (TPSA) is 60.9 Å². The van der Waals surface area contributed by atoms with Crippen molar-refractivity contribution in [1.82, 2.24) is 14.7 Å². The van der Waals surface area contributed by atoms with Crippen molar-refractivity contribution in [2.75, 3.05) is 32.7 Å². The van der Waals surface area contributed by atoms with Gasteiger partial charge in [0.05, 0.1) is 11.5 Å².